The van der Waals surface area contributed by atoms with Crippen molar-refractivity contribution < 1.29 is 5.11 Å². The summed E-state index contributed by atoms with van der Waals surface area (Å²) in [6.45, 7) is 4.48. The van der Waals surface area contributed by atoms with Gasteiger partial charge in [0.05, 0.1) is 0 Å². The van der Waals surface area contributed by atoms with Gasteiger partial charge in [0.1, 0.15) is 16.2 Å². The van der Waals surface area contributed by atoms with Crippen molar-refractivity contribution in [1.29, 1.82) is 0 Å². The lowest BCUT2D eigenvalue weighted by Gasteiger charge is -2.22. The van der Waals surface area contributed by atoms with E-state index in [1.807, 2.05) is 6.07 Å². The summed E-state index contributed by atoms with van der Waals surface area (Å²) in [5.41, 5.74) is 0. The third-order valence-electron chi connectivity index (χ3n) is 3.23. The van der Waals surface area contributed by atoms with Crippen LogP contribution in [-0.4, -0.2) is 27.7 Å². The third kappa shape index (κ3) is 3.65. The van der Waals surface area contributed by atoms with Gasteiger partial charge in [-0.25, -0.2) is 9.97 Å². The lowest BCUT2D eigenvalue weighted by atomic mass is 10.0. The zero-order valence-electron chi connectivity index (χ0n) is 10.9. The van der Waals surface area contributed by atoms with E-state index in [4.69, 9.17) is 5.11 Å². The van der Waals surface area contributed by atoms with Crippen molar-refractivity contribution in [2.75, 3.05) is 11.9 Å². The van der Waals surface area contributed by atoms with Crippen LogP contribution in [-0.2, 0) is 0 Å². The van der Waals surface area contributed by atoms with Gasteiger partial charge in [-0.05, 0) is 41.1 Å². The third-order valence-corrected chi connectivity index (χ3v) is 3.64. The molecule has 1 aliphatic rings. The molecule has 1 aromatic heterocycles. The molecule has 0 amide bonds. The number of hydrogen-bond acceptors (Lipinski definition) is 4. The van der Waals surface area contributed by atoms with Crippen LogP contribution >= 0.6 is 15.9 Å². The van der Waals surface area contributed by atoms with E-state index in [0.717, 1.165) is 22.7 Å². The Balaban J connectivity index is 2.11. The summed E-state index contributed by atoms with van der Waals surface area (Å²) in [5, 5.41) is 12.5. The lowest BCUT2D eigenvalue weighted by Crippen LogP contribution is -2.27. The Labute approximate surface area is 116 Å². The van der Waals surface area contributed by atoms with Crippen molar-refractivity contribution in [1.82, 2.24) is 9.97 Å². The van der Waals surface area contributed by atoms with Crippen molar-refractivity contribution in [2.45, 2.75) is 45.1 Å². The van der Waals surface area contributed by atoms with Gasteiger partial charge in [0.2, 0.25) is 0 Å². The SMILES string of the molecule is CC(C)C(CCO)Nc1cc(Br)nc(C2CC2)n1. The van der Waals surface area contributed by atoms with E-state index in [1.54, 1.807) is 0 Å². The number of anilines is 1. The molecule has 0 saturated heterocycles. The van der Waals surface area contributed by atoms with Gasteiger partial charge in [-0.15, -0.1) is 0 Å². The van der Waals surface area contributed by atoms with Gasteiger partial charge in [-0.2, -0.15) is 0 Å². The van der Waals surface area contributed by atoms with Crippen LogP contribution in [0.4, 0.5) is 5.82 Å². The minimum Gasteiger partial charge on any atom is -0.396 e. The van der Waals surface area contributed by atoms with Gasteiger partial charge in [0.15, 0.2) is 0 Å². The van der Waals surface area contributed by atoms with E-state index in [1.165, 1.54) is 12.8 Å². The van der Waals surface area contributed by atoms with Crippen molar-refractivity contribution in [3.05, 3.63) is 16.5 Å². The van der Waals surface area contributed by atoms with E-state index in [-0.39, 0.29) is 12.6 Å². The van der Waals surface area contributed by atoms with Crippen molar-refractivity contribution in [3.8, 4) is 0 Å². The molecule has 4 nitrogen and oxygen atoms in total. The summed E-state index contributed by atoms with van der Waals surface area (Å²) in [6, 6.07) is 2.14. The molecule has 100 valence electrons. The molecule has 0 aromatic carbocycles. The fraction of sp³-hybridized carbons (Fsp3) is 0.692. The first-order valence-corrected chi connectivity index (χ1v) is 7.31. The predicted molar refractivity (Wildman–Crippen MR) is 75.7 cm³/mol. The maximum atomic E-state index is 9.09. The lowest BCUT2D eigenvalue weighted by molar-refractivity contribution is 0.267. The van der Waals surface area contributed by atoms with Gasteiger partial charge >= 0.3 is 0 Å². The number of hydrogen-bond donors (Lipinski definition) is 2. The maximum Gasteiger partial charge on any atom is 0.135 e. The molecule has 0 aliphatic heterocycles. The molecule has 2 rings (SSSR count). The number of nitrogens with one attached hydrogen (secondary N) is 1. The second kappa shape index (κ2) is 5.97. The minimum atomic E-state index is 0.192. The van der Waals surface area contributed by atoms with Crippen LogP contribution < -0.4 is 5.32 Å². The molecule has 1 aliphatic carbocycles. The largest absolute Gasteiger partial charge is 0.396 e. The van der Waals surface area contributed by atoms with Gasteiger partial charge in [-0.3, -0.25) is 0 Å². The van der Waals surface area contributed by atoms with Gasteiger partial charge < -0.3 is 10.4 Å². The minimum absolute atomic E-state index is 0.192. The van der Waals surface area contributed by atoms with E-state index >= 15 is 0 Å². The average Bonchev–Trinajstić information content (AvgIpc) is 3.11. The van der Waals surface area contributed by atoms with Crippen LogP contribution in [0.1, 0.15) is 44.9 Å². The van der Waals surface area contributed by atoms with Crippen LogP contribution in [0, 0.1) is 5.92 Å². The molecular weight excluding hydrogens is 294 g/mol. The molecule has 2 N–H and O–H groups in total. The quantitative estimate of drug-likeness (QED) is 0.793. The second-order valence-corrected chi connectivity index (χ2v) is 6.03. The Morgan fingerprint density at radius 3 is 2.72 bits per heavy atom. The van der Waals surface area contributed by atoms with Gasteiger partial charge in [0.25, 0.3) is 0 Å². The Morgan fingerprint density at radius 2 is 2.17 bits per heavy atom. The van der Waals surface area contributed by atoms with Crippen molar-refractivity contribution >= 4 is 21.7 Å². The smallest absolute Gasteiger partial charge is 0.135 e. The highest BCUT2D eigenvalue weighted by molar-refractivity contribution is 9.10. The predicted octanol–water partition coefficient (Wildman–Crippen LogP) is 2.94. The van der Waals surface area contributed by atoms with E-state index in [0.29, 0.717) is 11.8 Å². The number of halogens is 1. The van der Waals surface area contributed by atoms with Gasteiger partial charge in [-0.1, -0.05) is 13.8 Å². The first-order valence-electron chi connectivity index (χ1n) is 6.52. The fourth-order valence-corrected chi connectivity index (χ4v) is 2.33. The Kier molecular flexibility index (Phi) is 4.56. The van der Waals surface area contributed by atoms with E-state index in [2.05, 4.69) is 45.1 Å². The first kappa shape index (κ1) is 13.7. The number of rotatable bonds is 6. The highest BCUT2D eigenvalue weighted by Gasteiger charge is 2.27. The Morgan fingerprint density at radius 1 is 1.44 bits per heavy atom. The highest BCUT2D eigenvalue weighted by atomic mass is 79.9. The molecule has 0 spiro atoms. The molecule has 1 fully saturated rings. The van der Waals surface area contributed by atoms with Crippen LogP contribution in [0.3, 0.4) is 0 Å². The monoisotopic (exact) mass is 313 g/mol. The summed E-state index contributed by atoms with van der Waals surface area (Å²) in [7, 11) is 0. The van der Waals surface area contributed by atoms with Crippen LogP contribution in [0.2, 0.25) is 0 Å². The number of nitrogens with zero attached hydrogens (tertiary/aromatic N) is 2. The summed E-state index contributed by atoms with van der Waals surface area (Å²) in [4.78, 5) is 8.98. The van der Waals surface area contributed by atoms with Crippen LogP contribution in [0.15, 0.2) is 10.7 Å². The Hall–Kier alpha value is -0.680. The molecule has 1 unspecified atom stereocenters. The summed E-state index contributed by atoms with van der Waals surface area (Å²) in [6.07, 6.45) is 3.12. The molecular formula is C13H20BrN3O. The fourth-order valence-electron chi connectivity index (χ4n) is 1.93. The van der Waals surface area contributed by atoms with Crippen molar-refractivity contribution in [2.24, 2.45) is 5.92 Å². The first-order chi connectivity index (χ1) is 8.60. The molecule has 1 saturated carbocycles. The molecule has 5 heteroatoms. The zero-order chi connectivity index (χ0) is 13.1. The second-order valence-electron chi connectivity index (χ2n) is 5.22. The maximum absolute atomic E-state index is 9.09. The molecule has 0 bridgehead atoms. The number of aliphatic hydroxyl groups excluding tert-OH is 1. The molecule has 1 aromatic rings. The van der Waals surface area contributed by atoms with E-state index in [9.17, 15) is 0 Å². The summed E-state index contributed by atoms with van der Waals surface area (Å²) >= 11 is 3.43. The molecule has 1 atom stereocenters. The number of aromatic nitrogens is 2. The molecule has 0 radical (unpaired) electrons. The highest BCUT2D eigenvalue weighted by Crippen LogP contribution is 2.38. The average molecular weight is 314 g/mol. The number of aliphatic hydroxyl groups is 1. The topological polar surface area (TPSA) is 58.0 Å². The van der Waals surface area contributed by atoms with E-state index < -0.39 is 0 Å². The summed E-state index contributed by atoms with van der Waals surface area (Å²) < 4.78 is 0.827. The zero-order valence-corrected chi connectivity index (χ0v) is 12.4. The van der Waals surface area contributed by atoms with Crippen molar-refractivity contribution in [3.63, 3.8) is 0 Å². The van der Waals surface area contributed by atoms with Crippen LogP contribution in [0.5, 0.6) is 0 Å². The standard InChI is InChI=1S/C13H20BrN3O/c1-8(2)10(5-6-18)15-12-7-11(14)16-13(17-12)9-3-4-9/h7-10,18H,3-6H2,1-2H3,(H,15,16,17). The molecule has 1 heterocycles. The normalized spacial score (nSPS) is 16.9. The van der Waals surface area contributed by atoms with Crippen LogP contribution in [0.25, 0.3) is 0 Å². The molecule has 18 heavy (non-hydrogen) atoms. The van der Waals surface area contributed by atoms with Gasteiger partial charge in [0, 0.05) is 24.6 Å². The summed E-state index contributed by atoms with van der Waals surface area (Å²) in [5.74, 6) is 2.78. The Bertz CT molecular complexity index is 407.